The lowest BCUT2D eigenvalue weighted by molar-refractivity contribution is -0.139. The monoisotopic (exact) mass is 496 g/mol. The van der Waals surface area contributed by atoms with E-state index in [-0.39, 0.29) is 11.6 Å². The second kappa shape index (κ2) is 10.6. The third-order valence-electron chi connectivity index (χ3n) is 5.24. The van der Waals surface area contributed by atoms with Gasteiger partial charge in [0.05, 0.1) is 5.75 Å². The fourth-order valence-electron chi connectivity index (χ4n) is 3.22. The van der Waals surface area contributed by atoms with Crippen LogP contribution in [-0.2, 0) is 29.9 Å². The molecule has 2 atom stereocenters. The highest BCUT2D eigenvalue weighted by atomic mass is 32.2. The number of carbonyl (C=O) groups is 4. The molecule has 1 saturated heterocycles. The summed E-state index contributed by atoms with van der Waals surface area (Å²) in [5, 5.41) is 21.5. The van der Waals surface area contributed by atoms with Crippen LogP contribution in [0.2, 0.25) is 0 Å². The summed E-state index contributed by atoms with van der Waals surface area (Å²) in [4.78, 5) is 49.7. The second-order valence-corrected chi connectivity index (χ2v) is 9.80. The number of amidine groups is 1. The molecule has 1 aliphatic rings. The fraction of sp³-hybridized carbons (Fsp3) is 0.450. The van der Waals surface area contributed by atoms with Crippen molar-refractivity contribution in [3.8, 4) is 0 Å². The number of hydrogen-bond donors (Lipinski definition) is 6. The Hall–Kier alpha value is -3.52. The summed E-state index contributed by atoms with van der Waals surface area (Å²) in [6.07, 6.45) is 0.942. The van der Waals surface area contributed by atoms with Gasteiger partial charge in [-0.2, -0.15) is 4.72 Å². The standard InChI is InChI=1S/C20H28N6O7S/c1-3-4-9-34(32,33)25-14(17(28)29)10-23-15(27)11-26-18(30)20(2,24-19(26)31)13-7-5-12(6-8-13)16(21)22/h5-8,14,25H,3-4,9-11H2,1-2H3,(H3,21,22)(H,23,27)(H,24,31)(H,28,29). The minimum absolute atomic E-state index is 0.163. The Morgan fingerprint density at radius 1 is 1.26 bits per heavy atom. The molecule has 0 spiro atoms. The highest BCUT2D eigenvalue weighted by molar-refractivity contribution is 7.89. The predicted octanol–water partition coefficient (Wildman–Crippen LogP) is -0.973. The number of unbranched alkanes of at least 4 members (excludes halogenated alkanes) is 1. The smallest absolute Gasteiger partial charge is 0.325 e. The minimum atomic E-state index is -3.86. The molecule has 4 amide bonds. The number of aliphatic carboxylic acids is 1. The normalized spacial score (nSPS) is 18.9. The van der Waals surface area contributed by atoms with Crippen molar-refractivity contribution in [2.24, 2.45) is 5.73 Å². The first-order chi connectivity index (χ1) is 15.8. The number of imide groups is 1. The van der Waals surface area contributed by atoms with Crippen LogP contribution in [0.15, 0.2) is 24.3 Å². The topological polar surface area (TPSA) is 212 Å². The molecule has 186 valence electrons. The first kappa shape index (κ1) is 26.7. The first-order valence-electron chi connectivity index (χ1n) is 10.4. The number of amides is 4. The van der Waals surface area contributed by atoms with Crippen molar-refractivity contribution in [2.45, 2.75) is 38.3 Å². The molecule has 1 fully saturated rings. The van der Waals surface area contributed by atoms with Crippen LogP contribution < -0.4 is 21.1 Å². The van der Waals surface area contributed by atoms with Crippen molar-refractivity contribution in [2.75, 3.05) is 18.8 Å². The molecular formula is C20H28N6O7S. The van der Waals surface area contributed by atoms with Crippen LogP contribution in [0.1, 0.15) is 37.8 Å². The van der Waals surface area contributed by atoms with Crippen molar-refractivity contribution in [1.29, 1.82) is 5.41 Å². The van der Waals surface area contributed by atoms with Gasteiger partial charge in [0.2, 0.25) is 15.9 Å². The fourth-order valence-corrected chi connectivity index (χ4v) is 4.63. The Morgan fingerprint density at radius 2 is 1.88 bits per heavy atom. The molecule has 13 nitrogen and oxygen atoms in total. The van der Waals surface area contributed by atoms with Crippen molar-refractivity contribution in [3.05, 3.63) is 35.4 Å². The third-order valence-corrected chi connectivity index (χ3v) is 6.71. The summed E-state index contributed by atoms with van der Waals surface area (Å²) in [5.74, 6) is -3.46. The molecule has 1 aromatic rings. The summed E-state index contributed by atoms with van der Waals surface area (Å²) in [6.45, 7) is 1.97. The van der Waals surface area contributed by atoms with E-state index in [0.717, 1.165) is 0 Å². The zero-order valence-corrected chi connectivity index (χ0v) is 19.6. The molecule has 2 rings (SSSR count). The molecule has 2 unspecified atom stereocenters. The van der Waals surface area contributed by atoms with Crippen molar-refractivity contribution in [3.63, 3.8) is 0 Å². The van der Waals surface area contributed by atoms with Gasteiger partial charge in [-0.1, -0.05) is 37.6 Å². The van der Waals surface area contributed by atoms with Crippen molar-refractivity contribution >= 4 is 39.7 Å². The van der Waals surface area contributed by atoms with Crippen LogP contribution in [0.25, 0.3) is 0 Å². The van der Waals surface area contributed by atoms with E-state index in [2.05, 4.69) is 10.6 Å². The van der Waals surface area contributed by atoms with E-state index >= 15 is 0 Å². The molecule has 1 heterocycles. The number of urea groups is 1. The zero-order valence-electron chi connectivity index (χ0n) is 18.8. The van der Waals surface area contributed by atoms with E-state index in [1.165, 1.54) is 31.2 Å². The number of carbonyl (C=O) groups excluding carboxylic acids is 3. The number of sulfonamides is 1. The summed E-state index contributed by atoms with van der Waals surface area (Å²) >= 11 is 0. The Kier molecular flexibility index (Phi) is 8.34. The average molecular weight is 497 g/mol. The van der Waals surface area contributed by atoms with E-state index in [0.29, 0.717) is 28.9 Å². The highest BCUT2D eigenvalue weighted by Crippen LogP contribution is 2.28. The number of nitrogens with two attached hydrogens (primary N) is 1. The Balaban J connectivity index is 2.03. The molecule has 1 aromatic carbocycles. The quantitative estimate of drug-likeness (QED) is 0.120. The van der Waals surface area contributed by atoms with Gasteiger partial charge in [-0.05, 0) is 18.9 Å². The Morgan fingerprint density at radius 3 is 2.41 bits per heavy atom. The molecule has 0 aliphatic carbocycles. The molecule has 0 aromatic heterocycles. The van der Waals surface area contributed by atoms with Gasteiger partial charge < -0.3 is 21.5 Å². The summed E-state index contributed by atoms with van der Waals surface area (Å²) in [5.41, 5.74) is 4.79. The maximum absolute atomic E-state index is 12.9. The highest BCUT2D eigenvalue weighted by Gasteiger charge is 2.49. The van der Waals surface area contributed by atoms with Crippen LogP contribution in [-0.4, -0.2) is 73.0 Å². The Labute approximate surface area is 196 Å². The van der Waals surface area contributed by atoms with Crippen LogP contribution in [0.5, 0.6) is 0 Å². The third kappa shape index (κ3) is 6.29. The lowest BCUT2D eigenvalue weighted by Gasteiger charge is -2.22. The van der Waals surface area contributed by atoms with Crippen LogP contribution in [0.3, 0.4) is 0 Å². The van der Waals surface area contributed by atoms with E-state index in [4.69, 9.17) is 11.1 Å². The number of nitrogen functional groups attached to an aromatic ring is 1. The summed E-state index contributed by atoms with van der Waals surface area (Å²) in [6, 6.07) is 3.66. The van der Waals surface area contributed by atoms with Crippen LogP contribution in [0.4, 0.5) is 4.79 Å². The number of nitrogens with one attached hydrogen (secondary N) is 4. The number of benzene rings is 1. The van der Waals surface area contributed by atoms with Gasteiger partial charge in [0, 0.05) is 12.1 Å². The van der Waals surface area contributed by atoms with Gasteiger partial charge >= 0.3 is 12.0 Å². The van der Waals surface area contributed by atoms with Gasteiger partial charge in [0.25, 0.3) is 5.91 Å². The Bertz CT molecular complexity index is 1090. The lowest BCUT2D eigenvalue weighted by Crippen LogP contribution is -2.50. The van der Waals surface area contributed by atoms with Crippen LogP contribution >= 0.6 is 0 Å². The van der Waals surface area contributed by atoms with Gasteiger partial charge in [-0.15, -0.1) is 0 Å². The maximum atomic E-state index is 12.9. The number of rotatable bonds is 12. The zero-order chi connectivity index (χ0) is 25.7. The molecule has 0 saturated carbocycles. The molecular weight excluding hydrogens is 468 g/mol. The summed E-state index contributed by atoms with van der Waals surface area (Å²) in [7, 11) is -3.86. The second-order valence-electron chi connectivity index (χ2n) is 7.92. The molecule has 34 heavy (non-hydrogen) atoms. The van der Waals surface area contributed by atoms with Crippen molar-refractivity contribution in [1.82, 2.24) is 20.3 Å². The maximum Gasteiger partial charge on any atom is 0.325 e. The minimum Gasteiger partial charge on any atom is -0.480 e. The van der Waals surface area contributed by atoms with E-state index in [1.807, 2.05) is 4.72 Å². The molecule has 1 aliphatic heterocycles. The SMILES string of the molecule is CCCCS(=O)(=O)NC(CNC(=O)CN1C(=O)NC(C)(c2ccc(C(=N)N)cc2)C1=O)C(=O)O. The van der Waals surface area contributed by atoms with E-state index in [9.17, 15) is 32.7 Å². The number of carboxylic acid groups (broad SMARTS) is 1. The van der Waals surface area contributed by atoms with E-state index in [1.54, 1.807) is 6.92 Å². The first-order valence-corrected chi connectivity index (χ1v) is 12.0. The lowest BCUT2D eigenvalue weighted by atomic mass is 9.91. The largest absolute Gasteiger partial charge is 0.480 e. The van der Waals surface area contributed by atoms with Gasteiger partial charge in [-0.3, -0.25) is 24.7 Å². The van der Waals surface area contributed by atoms with Gasteiger partial charge in [0.1, 0.15) is 24.0 Å². The molecule has 0 radical (unpaired) electrons. The predicted molar refractivity (Wildman–Crippen MR) is 121 cm³/mol. The van der Waals surface area contributed by atoms with Crippen LogP contribution in [0, 0.1) is 5.41 Å². The van der Waals surface area contributed by atoms with Gasteiger partial charge in [0.15, 0.2) is 0 Å². The summed E-state index contributed by atoms with van der Waals surface area (Å²) < 4.78 is 25.9. The van der Waals surface area contributed by atoms with Gasteiger partial charge in [-0.25, -0.2) is 13.2 Å². The van der Waals surface area contributed by atoms with Crippen molar-refractivity contribution < 1.29 is 32.7 Å². The number of nitrogens with zero attached hydrogens (tertiary/aromatic N) is 1. The molecule has 7 N–H and O–H groups in total. The average Bonchev–Trinajstić information content (AvgIpc) is 2.99. The van der Waals surface area contributed by atoms with E-state index < -0.39 is 58.5 Å². The molecule has 14 heteroatoms. The number of hydrogen-bond acceptors (Lipinski definition) is 7. The molecule has 0 bridgehead atoms. The number of carboxylic acids is 1.